The van der Waals surface area contributed by atoms with Crippen molar-refractivity contribution in [3.05, 3.63) is 18.0 Å². The number of nitrogens with two attached hydrogens (primary N) is 1. The Morgan fingerprint density at radius 3 is 2.88 bits per heavy atom. The lowest BCUT2D eigenvalue weighted by Crippen LogP contribution is -2.51. The molecule has 1 aliphatic rings. The van der Waals surface area contributed by atoms with Gasteiger partial charge in [0, 0.05) is 19.1 Å². The third-order valence-corrected chi connectivity index (χ3v) is 6.52. The van der Waals surface area contributed by atoms with Crippen molar-refractivity contribution in [1.82, 2.24) is 14.4 Å². The van der Waals surface area contributed by atoms with Crippen LogP contribution in [-0.2, 0) is 16.4 Å². The zero-order valence-electron chi connectivity index (χ0n) is 13.8. The van der Waals surface area contributed by atoms with Crippen LogP contribution in [-0.4, -0.2) is 42.0 Å². The molecule has 1 aliphatic heterocycles. The highest BCUT2D eigenvalue weighted by Crippen LogP contribution is 2.30. The molecule has 2 N–H and O–H groups in total. The Morgan fingerprint density at radius 1 is 1.46 bits per heavy atom. The maximum absolute atomic E-state index is 13.0. The third kappa shape index (κ3) is 3.15. The summed E-state index contributed by atoms with van der Waals surface area (Å²) in [5, 5.41) is 4.58. The molecular weight excluding hydrogens is 352 g/mol. The van der Waals surface area contributed by atoms with Crippen LogP contribution in [0.3, 0.4) is 0 Å². The van der Waals surface area contributed by atoms with Crippen LogP contribution in [0.25, 0.3) is 11.1 Å². The van der Waals surface area contributed by atoms with Crippen molar-refractivity contribution in [2.45, 2.75) is 44.0 Å². The van der Waals surface area contributed by atoms with Gasteiger partial charge in [-0.05, 0) is 31.2 Å². The Hall–Kier alpha value is -1.22. The van der Waals surface area contributed by atoms with E-state index in [1.165, 1.54) is 10.5 Å². The van der Waals surface area contributed by atoms with Crippen molar-refractivity contribution in [2.75, 3.05) is 13.1 Å². The van der Waals surface area contributed by atoms with Gasteiger partial charge in [-0.1, -0.05) is 19.0 Å². The average Bonchev–Trinajstić information content (AvgIpc) is 2.96. The molecule has 0 saturated carbocycles. The zero-order chi connectivity index (χ0) is 16.6. The summed E-state index contributed by atoms with van der Waals surface area (Å²) in [7, 11) is -3.63. The second kappa shape index (κ2) is 7.35. The molecule has 0 aromatic carbocycles. The first-order valence-corrected chi connectivity index (χ1v) is 9.39. The predicted octanol–water partition coefficient (Wildman–Crippen LogP) is 1.95. The van der Waals surface area contributed by atoms with E-state index in [1.54, 1.807) is 6.07 Å². The molecule has 2 aromatic rings. The maximum atomic E-state index is 13.0. The summed E-state index contributed by atoms with van der Waals surface area (Å²) in [6.07, 6.45) is 3.84. The highest BCUT2D eigenvalue weighted by molar-refractivity contribution is 7.89. The number of fused-ring (bicyclic) bond motifs is 1. The third-order valence-electron chi connectivity index (χ3n) is 4.63. The smallest absolute Gasteiger partial charge is 0.258 e. The van der Waals surface area contributed by atoms with E-state index in [9.17, 15) is 8.42 Å². The summed E-state index contributed by atoms with van der Waals surface area (Å²) in [5.41, 5.74) is 6.91. The van der Waals surface area contributed by atoms with E-state index in [0.717, 1.165) is 12.8 Å². The van der Waals surface area contributed by atoms with Gasteiger partial charge in [0.2, 0.25) is 10.0 Å². The summed E-state index contributed by atoms with van der Waals surface area (Å²) in [4.78, 5) is 4.29. The zero-order valence-corrected chi connectivity index (χ0v) is 15.4. The average molecular weight is 375 g/mol. The number of rotatable bonds is 4. The molecule has 0 spiro atoms. The molecule has 7 nitrogen and oxygen atoms in total. The fraction of sp³-hybridized carbons (Fsp3) is 0.600. The lowest BCUT2D eigenvalue weighted by Gasteiger charge is -2.38. The number of nitrogens with zero attached hydrogens (tertiary/aromatic N) is 3. The molecule has 0 bridgehead atoms. The van der Waals surface area contributed by atoms with Gasteiger partial charge >= 0.3 is 0 Å². The van der Waals surface area contributed by atoms with Gasteiger partial charge in [-0.3, -0.25) is 0 Å². The van der Waals surface area contributed by atoms with Gasteiger partial charge < -0.3 is 10.3 Å². The monoisotopic (exact) mass is 374 g/mol. The fourth-order valence-electron chi connectivity index (χ4n) is 3.25. The number of aromatic nitrogens is 2. The molecule has 2 unspecified atom stereocenters. The summed E-state index contributed by atoms with van der Waals surface area (Å²) >= 11 is 0. The molecule has 3 rings (SSSR count). The number of hydrogen-bond acceptors (Lipinski definition) is 6. The molecule has 134 valence electrons. The van der Waals surface area contributed by atoms with Crippen LogP contribution in [0.2, 0.25) is 0 Å². The topological polar surface area (TPSA) is 102 Å². The van der Waals surface area contributed by atoms with Crippen LogP contribution >= 0.6 is 12.4 Å². The van der Waals surface area contributed by atoms with E-state index in [2.05, 4.69) is 17.1 Å². The Kier molecular flexibility index (Phi) is 5.85. The molecule has 2 atom stereocenters. The first-order chi connectivity index (χ1) is 11.0. The van der Waals surface area contributed by atoms with Gasteiger partial charge in [0.25, 0.3) is 5.71 Å². The molecule has 0 radical (unpaired) electrons. The molecule has 24 heavy (non-hydrogen) atoms. The van der Waals surface area contributed by atoms with Gasteiger partial charge in [0.15, 0.2) is 0 Å². The predicted molar refractivity (Wildman–Crippen MR) is 93.6 cm³/mol. The Bertz CT molecular complexity index is 808. The quantitative estimate of drug-likeness (QED) is 0.877. The van der Waals surface area contributed by atoms with Crippen LogP contribution < -0.4 is 5.73 Å². The minimum atomic E-state index is -3.63. The number of pyridine rings is 1. The van der Waals surface area contributed by atoms with E-state index in [4.69, 9.17) is 10.3 Å². The second-order valence-corrected chi connectivity index (χ2v) is 7.94. The van der Waals surface area contributed by atoms with Crippen LogP contribution in [0.15, 0.2) is 21.7 Å². The van der Waals surface area contributed by atoms with Gasteiger partial charge in [-0.2, -0.15) is 4.31 Å². The van der Waals surface area contributed by atoms with Crippen molar-refractivity contribution in [3.8, 4) is 0 Å². The van der Waals surface area contributed by atoms with E-state index < -0.39 is 10.0 Å². The highest BCUT2D eigenvalue weighted by atomic mass is 35.5. The fourth-order valence-corrected chi connectivity index (χ4v) is 4.99. The molecule has 0 amide bonds. The van der Waals surface area contributed by atoms with Crippen molar-refractivity contribution in [1.29, 1.82) is 0 Å². The van der Waals surface area contributed by atoms with Crippen LogP contribution in [0, 0.1) is 5.92 Å². The molecule has 2 aromatic heterocycles. The van der Waals surface area contributed by atoms with Crippen LogP contribution in [0.5, 0.6) is 0 Å². The second-order valence-electron chi connectivity index (χ2n) is 6.04. The SMILES string of the molecule is CCc1noc2ncc(S(=O)(=O)N3CCCC(C)C3CN)cc12.Cl. The number of sulfonamides is 1. The lowest BCUT2D eigenvalue weighted by atomic mass is 9.93. The number of aryl methyl sites for hydroxylation is 1. The minimum absolute atomic E-state index is 0. The van der Waals surface area contributed by atoms with Crippen molar-refractivity contribution in [2.24, 2.45) is 11.7 Å². The normalized spacial score (nSPS) is 22.5. The Balaban J connectivity index is 0.00000208. The van der Waals surface area contributed by atoms with Crippen LogP contribution in [0.4, 0.5) is 0 Å². The van der Waals surface area contributed by atoms with E-state index in [-0.39, 0.29) is 29.3 Å². The minimum Gasteiger partial charge on any atom is -0.336 e. The molecule has 9 heteroatoms. The molecule has 1 saturated heterocycles. The van der Waals surface area contributed by atoms with Crippen molar-refractivity contribution in [3.63, 3.8) is 0 Å². The Morgan fingerprint density at radius 2 is 2.21 bits per heavy atom. The lowest BCUT2D eigenvalue weighted by molar-refractivity contribution is 0.192. The van der Waals surface area contributed by atoms with Gasteiger partial charge in [-0.25, -0.2) is 13.4 Å². The molecule has 1 fully saturated rings. The summed E-state index contributed by atoms with van der Waals surface area (Å²) in [5.74, 6) is 0.252. The van der Waals surface area contributed by atoms with E-state index >= 15 is 0 Å². The number of piperidine rings is 1. The highest BCUT2D eigenvalue weighted by Gasteiger charge is 2.36. The van der Waals surface area contributed by atoms with Gasteiger partial charge in [-0.15, -0.1) is 12.4 Å². The number of hydrogen-bond donors (Lipinski definition) is 1. The van der Waals surface area contributed by atoms with Crippen molar-refractivity contribution < 1.29 is 12.9 Å². The standard InChI is InChI=1S/C15H22N4O3S.ClH/c1-3-13-12-7-11(9-17-15(12)22-18-13)23(20,21)19-6-4-5-10(2)14(19)8-16;/h7,9-10,14H,3-6,8,16H2,1-2H3;1H. The summed E-state index contributed by atoms with van der Waals surface area (Å²) in [6, 6.07) is 1.44. The molecule has 3 heterocycles. The van der Waals surface area contributed by atoms with Crippen molar-refractivity contribution >= 4 is 33.5 Å². The number of halogens is 1. The molecule has 0 aliphatic carbocycles. The summed E-state index contributed by atoms with van der Waals surface area (Å²) < 4.78 is 32.7. The first kappa shape index (κ1) is 19.1. The largest absolute Gasteiger partial charge is 0.336 e. The van der Waals surface area contributed by atoms with E-state index in [0.29, 0.717) is 36.3 Å². The Labute approximate surface area is 148 Å². The van der Waals surface area contributed by atoms with E-state index in [1.807, 2.05) is 6.92 Å². The first-order valence-electron chi connectivity index (χ1n) is 7.95. The van der Waals surface area contributed by atoms with Gasteiger partial charge in [0.1, 0.15) is 4.90 Å². The molecular formula is C15H23ClN4O3S. The van der Waals surface area contributed by atoms with Gasteiger partial charge in [0.05, 0.1) is 17.3 Å². The summed E-state index contributed by atoms with van der Waals surface area (Å²) in [6.45, 7) is 4.81. The van der Waals surface area contributed by atoms with Crippen LogP contribution in [0.1, 0.15) is 32.4 Å². The maximum Gasteiger partial charge on any atom is 0.258 e.